The van der Waals surface area contributed by atoms with Gasteiger partial charge in [-0.1, -0.05) is 29.4 Å². The predicted octanol–water partition coefficient (Wildman–Crippen LogP) is 1.65. The molecule has 0 saturated heterocycles. The Morgan fingerprint density at radius 3 is 2.50 bits per heavy atom. The summed E-state index contributed by atoms with van der Waals surface area (Å²) in [4.78, 5) is 0. The van der Waals surface area contributed by atoms with E-state index in [-0.39, 0.29) is 6.42 Å². The van der Waals surface area contributed by atoms with E-state index in [0.29, 0.717) is 11.3 Å². The molecule has 2 aromatic rings. The lowest BCUT2D eigenvalue weighted by atomic mass is 10.0. The van der Waals surface area contributed by atoms with Crippen molar-refractivity contribution in [3.8, 4) is 17.4 Å². The fourth-order valence-electron chi connectivity index (χ4n) is 1.64. The van der Waals surface area contributed by atoms with Crippen molar-refractivity contribution in [1.29, 1.82) is 5.26 Å². The standard InChI is InChI=1S/C13H12N2O3/c14-7-5-11(16)13(17)10-3-1-9(2-4-10)12-6-8-15-18-12/h1-4,6,8,11,13,16-17H,5H2. The van der Waals surface area contributed by atoms with Crippen LogP contribution in [0.4, 0.5) is 0 Å². The molecule has 0 saturated carbocycles. The first-order valence-electron chi connectivity index (χ1n) is 5.46. The van der Waals surface area contributed by atoms with Crippen LogP contribution in [-0.2, 0) is 0 Å². The molecule has 1 heterocycles. The number of aliphatic hydroxyl groups excluding tert-OH is 2. The number of aromatic nitrogens is 1. The first kappa shape index (κ1) is 12.3. The van der Waals surface area contributed by atoms with Crippen LogP contribution in [0.25, 0.3) is 11.3 Å². The number of hydrogen-bond donors (Lipinski definition) is 2. The lowest BCUT2D eigenvalue weighted by Gasteiger charge is -2.15. The minimum Gasteiger partial charge on any atom is -0.389 e. The van der Waals surface area contributed by atoms with E-state index >= 15 is 0 Å². The Bertz CT molecular complexity index is 528. The molecule has 5 nitrogen and oxygen atoms in total. The fourth-order valence-corrected chi connectivity index (χ4v) is 1.64. The quantitative estimate of drug-likeness (QED) is 0.853. The van der Waals surface area contributed by atoms with Gasteiger partial charge in [0.1, 0.15) is 6.10 Å². The molecule has 0 amide bonds. The van der Waals surface area contributed by atoms with E-state index in [1.54, 1.807) is 36.5 Å². The third kappa shape index (κ3) is 2.56. The Labute approximate surface area is 104 Å². The molecule has 2 unspecified atom stereocenters. The SMILES string of the molecule is N#CCC(O)C(O)c1ccc(-c2ccno2)cc1. The van der Waals surface area contributed by atoms with E-state index in [0.717, 1.165) is 5.56 Å². The van der Waals surface area contributed by atoms with E-state index in [4.69, 9.17) is 9.78 Å². The van der Waals surface area contributed by atoms with Crippen molar-refractivity contribution in [3.63, 3.8) is 0 Å². The highest BCUT2D eigenvalue weighted by atomic mass is 16.5. The molecule has 18 heavy (non-hydrogen) atoms. The summed E-state index contributed by atoms with van der Waals surface area (Å²) in [6.07, 6.45) is -0.695. The smallest absolute Gasteiger partial charge is 0.166 e. The van der Waals surface area contributed by atoms with Gasteiger partial charge in [0.2, 0.25) is 0 Å². The summed E-state index contributed by atoms with van der Waals surface area (Å²) in [6, 6.07) is 10.4. The molecular formula is C13H12N2O3. The van der Waals surface area contributed by atoms with E-state index < -0.39 is 12.2 Å². The summed E-state index contributed by atoms with van der Waals surface area (Å²) in [5, 5.41) is 31.4. The molecule has 0 aliphatic carbocycles. The zero-order valence-corrected chi connectivity index (χ0v) is 9.52. The summed E-state index contributed by atoms with van der Waals surface area (Å²) in [6.45, 7) is 0. The molecule has 5 heteroatoms. The van der Waals surface area contributed by atoms with Crippen molar-refractivity contribution in [2.75, 3.05) is 0 Å². The van der Waals surface area contributed by atoms with Gasteiger partial charge in [0.15, 0.2) is 5.76 Å². The van der Waals surface area contributed by atoms with Gasteiger partial charge in [-0.2, -0.15) is 5.26 Å². The lowest BCUT2D eigenvalue weighted by molar-refractivity contribution is 0.0216. The van der Waals surface area contributed by atoms with Gasteiger partial charge in [-0.3, -0.25) is 0 Å². The third-order valence-electron chi connectivity index (χ3n) is 2.64. The van der Waals surface area contributed by atoms with Gasteiger partial charge in [0.05, 0.1) is 24.8 Å². The van der Waals surface area contributed by atoms with Gasteiger partial charge < -0.3 is 14.7 Å². The Morgan fingerprint density at radius 1 is 1.22 bits per heavy atom. The van der Waals surface area contributed by atoms with Gasteiger partial charge in [-0.05, 0) is 5.56 Å². The Balaban J connectivity index is 2.15. The summed E-state index contributed by atoms with van der Waals surface area (Å²) in [5.74, 6) is 0.633. The van der Waals surface area contributed by atoms with Crippen LogP contribution in [0.3, 0.4) is 0 Å². The van der Waals surface area contributed by atoms with Gasteiger partial charge in [-0.25, -0.2) is 0 Å². The maximum atomic E-state index is 9.80. The molecule has 1 aromatic heterocycles. The second-order valence-electron chi connectivity index (χ2n) is 3.87. The molecule has 0 spiro atoms. The monoisotopic (exact) mass is 244 g/mol. The summed E-state index contributed by atoms with van der Waals surface area (Å²) >= 11 is 0. The topological polar surface area (TPSA) is 90.3 Å². The van der Waals surface area contributed by atoms with E-state index in [1.165, 1.54) is 0 Å². The van der Waals surface area contributed by atoms with Gasteiger partial charge in [0.25, 0.3) is 0 Å². The van der Waals surface area contributed by atoms with Gasteiger partial charge in [-0.15, -0.1) is 0 Å². The van der Waals surface area contributed by atoms with E-state index in [2.05, 4.69) is 5.16 Å². The van der Waals surface area contributed by atoms with Crippen LogP contribution < -0.4 is 0 Å². The first-order chi connectivity index (χ1) is 8.72. The van der Waals surface area contributed by atoms with Crippen LogP contribution >= 0.6 is 0 Å². The molecule has 0 radical (unpaired) electrons. The molecule has 0 bridgehead atoms. The fraction of sp³-hybridized carbons (Fsp3) is 0.231. The molecule has 1 aromatic carbocycles. The number of aliphatic hydroxyl groups is 2. The molecule has 92 valence electrons. The van der Waals surface area contributed by atoms with Crippen molar-refractivity contribution >= 4 is 0 Å². The Hall–Kier alpha value is -2.16. The Kier molecular flexibility index (Phi) is 3.72. The molecule has 2 rings (SSSR count). The molecule has 2 atom stereocenters. The maximum Gasteiger partial charge on any atom is 0.166 e. The van der Waals surface area contributed by atoms with Crippen LogP contribution in [0.5, 0.6) is 0 Å². The molecular weight excluding hydrogens is 232 g/mol. The number of rotatable bonds is 4. The number of benzene rings is 1. The highest BCUT2D eigenvalue weighted by Gasteiger charge is 2.18. The normalized spacial score (nSPS) is 13.8. The number of nitriles is 1. The third-order valence-corrected chi connectivity index (χ3v) is 2.64. The van der Waals surface area contributed by atoms with Gasteiger partial charge in [0, 0.05) is 11.6 Å². The summed E-state index contributed by atoms with van der Waals surface area (Å²) in [7, 11) is 0. The zero-order chi connectivity index (χ0) is 13.0. The lowest BCUT2D eigenvalue weighted by Crippen LogP contribution is -2.17. The van der Waals surface area contributed by atoms with Crippen molar-refractivity contribution < 1.29 is 14.7 Å². The number of nitrogens with zero attached hydrogens (tertiary/aromatic N) is 2. The van der Waals surface area contributed by atoms with Gasteiger partial charge >= 0.3 is 0 Å². The summed E-state index contributed by atoms with van der Waals surface area (Å²) < 4.78 is 5.00. The second-order valence-corrected chi connectivity index (χ2v) is 3.87. The van der Waals surface area contributed by atoms with Crippen molar-refractivity contribution in [2.45, 2.75) is 18.6 Å². The molecule has 0 aliphatic rings. The highest BCUT2D eigenvalue weighted by Crippen LogP contribution is 2.23. The van der Waals surface area contributed by atoms with Crippen molar-refractivity contribution in [3.05, 3.63) is 42.1 Å². The largest absolute Gasteiger partial charge is 0.389 e. The van der Waals surface area contributed by atoms with Crippen LogP contribution in [-0.4, -0.2) is 21.5 Å². The molecule has 0 aliphatic heterocycles. The van der Waals surface area contributed by atoms with Crippen LogP contribution in [0.15, 0.2) is 41.1 Å². The van der Waals surface area contributed by atoms with Crippen LogP contribution in [0.1, 0.15) is 18.1 Å². The minimum absolute atomic E-state index is 0.106. The molecule has 2 N–H and O–H groups in total. The average molecular weight is 244 g/mol. The maximum absolute atomic E-state index is 9.80. The average Bonchev–Trinajstić information content (AvgIpc) is 2.92. The van der Waals surface area contributed by atoms with E-state index in [9.17, 15) is 10.2 Å². The Morgan fingerprint density at radius 2 is 1.94 bits per heavy atom. The summed E-state index contributed by atoms with van der Waals surface area (Å²) in [5.41, 5.74) is 1.39. The second kappa shape index (κ2) is 5.45. The van der Waals surface area contributed by atoms with Crippen molar-refractivity contribution in [1.82, 2.24) is 5.16 Å². The minimum atomic E-state index is -1.08. The zero-order valence-electron chi connectivity index (χ0n) is 9.52. The number of hydrogen-bond acceptors (Lipinski definition) is 5. The van der Waals surface area contributed by atoms with Crippen molar-refractivity contribution in [2.24, 2.45) is 0 Å². The van der Waals surface area contributed by atoms with Crippen LogP contribution in [0.2, 0.25) is 0 Å². The first-order valence-corrected chi connectivity index (χ1v) is 5.46. The molecule has 0 fully saturated rings. The van der Waals surface area contributed by atoms with Crippen LogP contribution in [0, 0.1) is 11.3 Å². The van der Waals surface area contributed by atoms with E-state index in [1.807, 2.05) is 6.07 Å². The predicted molar refractivity (Wildman–Crippen MR) is 63.1 cm³/mol. The highest BCUT2D eigenvalue weighted by molar-refractivity contribution is 5.57.